The number of anilines is 1. The molecule has 6 heteroatoms. The molecule has 0 radical (unpaired) electrons. The van der Waals surface area contributed by atoms with E-state index in [-0.39, 0.29) is 11.9 Å². The van der Waals surface area contributed by atoms with Gasteiger partial charge in [-0.05, 0) is 42.2 Å². The zero-order valence-electron chi connectivity index (χ0n) is 11.7. The van der Waals surface area contributed by atoms with Crippen LogP contribution in [0.4, 0.5) is 5.69 Å². The number of carbonyl (C=O) groups is 1. The number of hydrogen-bond donors (Lipinski definition) is 1. The van der Waals surface area contributed by atoms with E-state index in [9.17, 15) is 4.79 Å². The van der Waals surface area contributed by atoms with Gasteiger partial charge in [-0.1, -0.05) is 0 Å². The van der Waals surface area contributed by atoms with Crippen molar-refractivity contribution in [2.75, 3.05) is 12.3 Å². The predicted molar refractivity (Wildman–Crippen MR) is 79.7 cm³/mol. The van der Waals surface area contributed by atoms with E-state index in [1.807, 2.05) is 11.8 Å². The van der Waals surface area contributed by atoms with Gasteiger partial charge in [0.05, 0.1) is 17.4 Å². The molecule has 1 aliphatic rings. The Bertz CT molecular complexity index is 632. The highest BCUT2D eigenvalue weighted by atomic mass is 32.1. The van der Waals surface area contributed by atoms with Crippen LogP contribution in [0.5, 0.6) is 0 Å². The van der Waals surface area contributed by atoms with Crippen molar-refractivity contribution < 1.29 is 4.79 Å². The number of nitrogen functional groups attached to an aromatic ring is 1. The van der Waals surface area contributed by atoms with Crippen LogP contribution in [0.3, 0.4) is 0 Å². The van der Waals surface area contributed by atoms with Crippen molar-refractivity contribution in [1.29, 1.82) is 0 Å². The van der Waals surface area contributed by atoms with Crippen molar-refractivity contribution in [3.63, 3.8) is 0 Å². The molecule has 0 bridgehead atoms. The molecule has 3 rings (SSSR count). The first kappa shape index (κ1) is 13.2. The molecule has 1 saturated heterocycles. The lowest BCUT2D eigenvalue weighted by molar-refractivity contribution is 0.0726. The molecule has 0 saturated carbocycles. The van der Waals surface area contributed by atoms with E-state index in [1.165, 1.54) is 5.56 Å². The maximum Gasteiger partial charge on any atom is 0.274 e. The summed E-state index contributed by atoms with van der Waals surface area (Å²) in [6.45, 7) is 2.61. The number of amides is 1. The van der Waals surface area contributed by atoms with Gasteiger partial charge in [-0.3, -0.25) is 9.48 Å². The molecule has 1 fully saturated rings. The number of carbonyl (C=O) groups excluding carboxylic acids is 1. The molecule has 0 aromatic carbocycles. The Morgan fingerprint density at radius 2 is 2.35 bits per heavy atom. The summed E-state index contributed by atoms with van der Waals surface area (Å²) in [5.74, 6) is -0.0145. The smallest absolute Gasteiger partial charge is 0.274 e. The molecular weight excluding hydrogens is 272 g/mol. The Morgan fingerprint density at radius 3 is 2.95 bits per heavy atom. The Kier molecular flexibility index (Phi) is 3.25. The molecule has 106 valence electrons. The molecule has 20 heavy (non-hydrogen) atoms. The number of rotatable bonds is 2. The van der Waals surface area contributed by atoms with Gasteiger partial charge in [-0.25, -0.2) is 0 Å². The van der Waals surface area contributed by atoms with Crippen LogP contribution in [0.15, 0.2) is 16.8 Å². The van der Waals surface area contributed by atoms with Gasteiger partial charge < -0.3 is 10.6 Å². The van der Waals surface area contributed by atoms with Crippen LogP contribution in [0.2, 0.25) is 0 Å². The fourth-order valence-corrected chi connectivity index (χ4v) is 3.59. The minimum absolute atomic E-state index is 0.0145. The molecule has 1 atom stereocenters. The number of aromatic nitrogens is 2. The van der Waals surface area contributed by atoms with Crippen LogP contribution in [0, 0.1) is 6.92 Å². The van der Waals surface area contributed by atoms with E-state index < -0.39 is 0 Å². The minimum Gasteiger partial charge on any atom is -0.395 e. The fourth-order valence-electron chi connectivity index (χ4n) is 2.89. The zero-order chi connectivity index (χ0) is 14.3. The Morgan fingerprint density at radius 1 is 1.55 bits per heavy atom. The van der Waals surface area contributed by atoms with Gasteiger partial charge in [0, 0.05) is 13.6 Å². The van der Waals surface area contributed by atoms with Gasteiger partial charge in [-0.15, -0.1) is 0 Å². The standard InChI is InChI=1S/C14H18N4OS/c1-9-12(15)13(17(2)16-9)14(19)18-6-3-4-11(18)10-5-7-20-8-10/h5,7-8,11H,3-4,6,15H2,1-2H3. The minimum atomic E-state index is -0.0145. The Labute approximate surface area is 122 Å². The molecular formula is C14H18N4OS. The highest BCUT2D eigenvalue weighted by molar-refractivity contribution is 7.07. The zero-order valence-corrected chi connectivity index (χ0v) is 12.5. The molecule has 1 amide bonds. The van der Waals surface area contributed by atoms with Gasteiger partial charge in [0.1, 0.15) is 5.69 Å². The lowest BCUT2D eigenvalue weighted by Crippen LogP contribution is -2.32. The van der Waals surface area contributed by atoms with E-state index >= 15 is 0 Å². The van der Waals surface area contributed by atoms with Gasteiger partial charge in [0.25, 0.3) is 5.91 Å². The largest absolute Gasteiger partial charge is 0.395 e. The molecule has 0 aliphatic carbocycles. The highest BCUT2D eigenvalue weighted by Crippen LogP contribution is 2.34. The summed E-state index contributed by atoms with van der Waals surface area (Å²) < 4.78 is 1.59. The van der Waals surface area contributed by atoms with Crippen molar-refractivity contribution >= 4 is 22.9 Å². The first-order valence-electron chi connectivity index (χ1n) is 6.71. The fraction of sp³-hybridized carbons (Fsp3) is 0.429. The second-order valence-corrected chi connectivity index (χ2v) is 5.96. The van der Waals surface area contributed by atoms with Crippen molar-refractivity contribution in [3.05, 3.63) is 33.8 Å². The SMILES string of the molecule is Cc1nn(C)c(C(=O)N2CCCC2c2ccsc2)c1N. The molecule has 3 heterocycles. The van der Waals surface area contributed by atoms with Gasteiger partial charge in [0.15, 0.2) is 0 Å². The van der Waals surface area contributed by atoms with Crippen LogP contribution < -0.4 is 5.73 Å². The van der Waals surface area contributed by atoms with Crippen molar-refractivity contribution in [3.8, 4) is 0 Å². The lowest BCUT2D eigenvalue weighted by atomic mass is 10.1. The number of thiophene rings is 1. The van der Waals surface area contributed by atoms with Crippen molar-refractivity contribution in [1.82, 2.24) is 14.7 Å². The third-order valence-corrected chi connectivity index (χ3v) is 4.61. The number of likely N-dealkylation sites (tertiary alicyclic amines) is 1. The third-order valence-electron chi connectivity index (χ3n) is 3.91. The van der Waals surface area contributed by atoms with Crippen LogP contribution in [0.1, 0.15) is 40.6 Å². The van der Waals surface area contributed by atoms with Crippen molar-refractivity contribution in [2.24, 2.45) is 7.05 Å². The third kappa shape index (κ3) is 2.00. The summed E-state index contributed by atoms with van der Waals surface area (Å²) in [6.07, 6.45) is 2.04. The summed E-state index contributed by atoms with van der Waals surface area (Å²) in [7, 11) is 1.77. The van der Waals surface area contributed by atoms with Gasteiger partial charge in [-0.2, -0.15) is 16.4 Å². The number of nitrogens with two attached hydrogens (primary N) is 1. The summed E-state index contributed by atoms with van der Waals surface area (Å²) in [5.41, 5.74) is 8.94. The molecule has 1 unspecified atom stereocenters. The maximum atomic E-state index is 12.8. The van der Waals surface area contributed by atoms with Gasteiger partial charge in [0.2, 0.25) is 0 Å². The van der Waals surface area contributed by atoms with Crippen LogP contribution in [-0.4, -0.2) is 27.1 Å². The first-order valence-corrected chi connectivity index (χ1v) is 7.66. The summed E-state index contributed by atoms with van der Waals surface area (Å²) in [5, 5.41) is 8.41. The lowest BCUT2D eigenvalue weighted by Gasteiger charge is -2.24. The van der Waals surface area contributed by atoms with E-state index in [1.54, 1.807) is 23.1 Å². The second-order valence-electron chi connectivity index (χ2n) is 5.18. The van der Waals surface area contributed by atoms with Crippen LogP contribution >= 0.6 is 11.3 Å². The van der Waals surface area contributed by atoms with Crippen LogP contribution in [0.25, 0.3) is 0 Å². The highest BCUT2D eigenvalue weighted by Gasteiger charge is 2.33. The van der Waals surface area contributed by atoms with E-state index in [0.29, 0.717) is 17.1 Å². The molecule has 2 aromatic heterocycles. The molecule has 1 aliphatic heterocycles. The van der Waals surface area contributed by atoms with E-state index in [4.69, 9.17) is 5.73 Å². The second kappa shape index (κ2) is 4.94. The quantitative estimate of drug-likeness (QED) is 0.923. The van der Waals surface area contributed by atoms with Crippen LogP contribution in [-0.2, 0) is 7.05 Å². The number of hydrogen-bond acceptors (Lipinski definition) is 4. The molecule has 2 N–H and O–H groups in total. The topological polar surface area (TPSA) is 64.2 Å². The van der Waals surface area contributed by atoms with E-state index in [2.05, 4.69) is 21.9 Å². The average molecular weight is 290 g/mol. The first-order chi connectivity index (χ1) is 9.59. The Balaban J connectivity index is 1.94. The average Bonchev–Trinajstić information content (AvgIpc) is 3.11. The van der Waals surface area contributed by atoms with Crippen molar-refractivity contribution in [2.45, 2.75) is 25.8 Å². The predicted octanol–water partition coefficient (Wildman–Crippen LogP) is 2.35. The summed E-state index contributed by atoms with van der Waals surface area (Å²) in [6, 6.07) is 2.27. The van der Waals surface area contributed by atoms with Gasteiger partial charge >= 0.3 is 0 Å². The molecule has 2 aromatic rings. The number of nitrogens with zero attached hydrogens (tertiary/aromatic N) is 3. The molecule has 0 spiro atoms. The normalized spacial score (nSPS) is 18.7. The summed E-state index contributed by atoms with van der Waals surface area (Å²) in [4.78, 5) is 14.7. The maximum absolute atomic E-state index is 12.8. The Hall–Kier alpha value is -1.82. The van der Waals surface area contributed by atoms with E-state index in [0.717, 1.165) is 19.4 Å². The monoisotopic (exact) mass is 290 g/mol. The molecule has 5 nitrogen and oxygen atoms in total. The number of aryl methyl sites for hydroxylation is 2. The summed E-state index contributed by atoms with van der Waals surface area (Å²) >= 11 is 1.67.